The van der Waals surface area contributed by atoms with E-state index in [9.17, 15) is 4.79 Å². The molecule has 114 valence electrons. The van der Waals surface area contributed by atoms with Crippen LogP contribution in [0.25, 0.3) is 0 Å². The minimum absolute atomic E-state index is 0.00217. The van der Waals surface area contributed by atoms with Gasteiger partial charge in [-0.3, -0.25) is 10.1 Å². The Hall–Kier alpha value is -1.86. The van der Waals surface area contributed by atoms with Crippen LogP contribution in [0, 0.1) is 11.3 Å². The molecule has 0 aromatic heterocycles. The van der Waals surface area contributed by atoms with Gasteiger partial charge < -0.3 is 5.32 Å². The number of amides is 1. The molecule has 2 N–H and O–H groups in total. The molecule has 0 saturated carbocycles. The summed E-state index contributed by atoms with van der Waals surface area (Å²) >= 11 is 0. The lowest BCUT2D eigenvalue weighted by Gasteiger charge is -2.28. The number of carbonyl (C=O) groups is 1. The van der Waals surface area contributed by atoms with E-state index < -0.39 is 0 Å². The summed E-state index contributed by atoms with van der Waals surface area (Å²) in [6, 6.07) is 9.28. The molecule has 0 spiro atoms. The molecular formula is C17H25N3O. The first-order valence-electron chi connectivity index (χ1n) is 7.37. The molecule has 0 saturated heterocycles. The minimum atomic E-state index is -0.276. The third-order valence-electron chi connectivity index (χ3n) is 3.78. The summed E-state index contributed by atoms with van der Waals surface area (Å²) in [5.41, 5.74) is 1.51. The van der Waals surface area contributed by atoms with Crippen molar-refractivity contribution in [3.05, 3.63) is 35.4 Å². The first-order chi connectivity index (χ1) is 9.79. The second kappa shape index (κ2) is 7.24. The van der Waals surface area contributed by atoms with Crippen molar-refractivity contribution in [3.63, 3.8) is 0 Å². The molecule has 0 aliphatic carbocycles. The predicted octanol–water partition coefficient (Wildman–Crippen LogP) is 2.90. The minimum Gasteiger partial charge on any atom is -0.350 e. The Labute approximate surface area is 127 Å². The fourth-order valence-electron chi connectivity index (χ4n) is 1.92. The molecule has 0 aliphatic rings. The Morgan fingerprint density at radius 2 is 1.86 bits per heavy atom. The van der Waals surface area contributed by atoms with Gasteiger partial charge in [0.15, 0.2) is 0 Å². The zero-order valence-electron chi connectivity index (χ0n) is 13.5. The van der Waals surface area contributed by atoms with Gasteiger partial charge in [0.05, 0.1) is 17.7 Å². The van der Waals surface area contributed by atoms with Crippen LogP contribution in [0.3, 0.4) is 0 Å². The second-order valence-electron chi connectivity index (χ2n) is 6.07. The molecule has 0 heterocycles. The molecule has 0 aliphatic heterocycles. The van der Waals surface area contributed by atoms with Crippen LogP contribution in [0.15, 0.2) is 24.3 Å². The number of nitrogens with one attached hydrogen (secondary N) is 2. The Kier molecular flexibility index (Phi) is 5.92. The van der Waals surface area contributed by atoms with Crippen LogP contribution in [0.5, 0.6) is 0 Å². The van der Waals surface area contributed by atoms with E-state index in [1.807, 2.05) is 39.8 Å². The van der Waals surface area contributed by atoms with Gasteiger partial charge in [0, 0.05) is 11.6 Å². The highest BCUT2D eigenvalue weighted by molar-refractivity contribution is 5.82. The highest BCUT2D eigenvalue weighted by Gasteiger charge is 2.22. The fraction of sp³-hybridized carbons (Fsp3) is 0.529. The van der Waals surface area contributed by atoms with E-state index >= 15 is 0 Å². The van der Waals surface area contributed by atoms with Crippen molar-refractivity contribution in [1.29, 1.82) is 5.26 Å². The predicted molar refractivity (Wildman–Crippen MR) is 84.7 cm³/mol. The average molecular weight is 287 g/mol. The summed E-state index contributed by atoms with van der Waals surface area (Å²) in [5.74, 6) is 0.00217. The van der Waals surface area contributed by atoms with Crippen LogP contribution >= 0.6 is 0 Å². The highest BCUT2D eigenvalue weighted by Crippen LogP contribution is 2.14. The quantitative estimate of drug-likeness (QED) is 0.845. The molecule has 4 heteroatoms. The van der Waals surface area contributed by atoms with Crippen LogP contribution < -0.4 is 10.6 Å². The van der Waals surface area contributed by atoms with Crippen LogP contribution in [0.1, 0.15) is 58.2 Å². The van der Waals surface area contributed by atoms with Gasteiger partial charge in [-0.25, -0.2) is 0 Å². The lowest BCUT2D eigenvalue weighted by molar-refractivity contribution is -0.124. The van der Waals surface area contributed by atoms with E-state index in [1.165, 1.54) is 0 Å². The van der Waals surface area contributed by atoms with Gasteiger partial charge in [0.25, 0.3) is 0 Å². The summed E-state index contributed by atoms with van der Waals surface area (Å²) in [7, 11) is 0. The molecule has 1 aromatic carbocycles. The molecule has 1 rings (SSSR count). The van der Waals surface area contributed by atoms with Gasteiger partial charge in [-0.1, -0.05) is 19.1 Å². The third kappa shape index (κ3) is 5.20. The van der Waals surface area contributed by atoms with Gasteiger partial charge in [-0.15, -0.1) is 0 Å². The number of hydrogen-bond donors (Lipinski definition) is 2. The second-order valence-corrected chi connectivity index (χ2v) is 6.07. The van der Waals surface area contributed by atoms with Crippen LogP contribution in [0.2, 0.25) is 0 Å². The zero-order valence-corrected chi connectivity index (χ0v) is 13.5. The molecule has 0 unspecified atom stereocenters. The Bertz CT molecular complexity index is 514. The lowest BCUT2D eigenvalue weighted by Crippen LogP contribution is -2.51. The van der Waals surface area contributed by atoms with E-state index in [4.69, 9.17) is 5.26 Å². The first-order valence-corrected chi connectivity index (χ1v) is 7.37. The van der Waals surface area contributed by atoms with E-state index in [1.54, 1.807) is 12.1 Å². The van der Waals surface area contributed by atoms with Gasteiger partial charge in [0.1, 0.15) is 0 Å². The van der Waals surface area contributed by atoms with Crippen molar-refractivity contribution in [2.24, 2.45) is 0 Å². The molecule has 0 bridgehead atoms. The maximum atomic E-state index is 12.2. The van der Waals surface area contributed by atoms with Crippen molar-refractivity contribution < 1.29 is 4.79 Å². The molecule has 0 radical (unpaired) electrons. The summed E-state index contributed by atoms with van der Waals surface area (Å²) in [6.07, 6.45) is 0.886. The summed E-state index contributed by atoms with van der Waals surface area (Å²) in [4.78, 5) is 12.2. The Morgan fingerprint density at radius 3 is 2.33 bits per heavy atom. The third-order valence-corrected chi connectivity index (χ3v) is 3.78. The molecule has 2 atom stereocenters. The van der Waals surface area contributed by atoms with Crippen molar-refractivity contribution >= 4 is 5.91 Å². The Morgan fingerprint density at radius 1 is 1.29 bits per heavy atom. The number of rotatable bonds is 6. The molecule has 0 fully saturated rings. The standard InChI is InChI=1S/C17H25N3O/c1-6-17(4,5)20-16(21)13(3)19-12(2)15-9-7-14(11-18)8-10-15/h7-10,12-13,19H,6H2,1-5H3,(H,20,21)/t12-,13+/m0/s1. The molecule has 4 nitrogen and oxygen atoms in total. The number of hydrogen-bond acceptors (Lipinski definition) is 3. The zero-order chi connectivity index (χ0) is 16.0. The maximum Gasteiger partial charge on any atom is 0.237 e. The van der Waals surface area contributed by atoms with Gasteiger partial charge in [-0.2, -0.15) is 5.26 Å². The molecule has 1 amide bonds. The van der Waals surface area contributed by atoms with E-state index in [-0.39, 0.29) is 23.5 Å². The number of carbonyl (C=O) groups excluding carboxylic acids is 1. The van der Waals surface area contributed by atoms with Crippen LogP contribution in [-0.2, 0) is 4.79 Å². The summed E-state index contributed by atoms with van der Waals surface area (Å²) < 4.78 is 0. The van der Waals surface area contributed by atoms with Gasteiger partial charge >= 0.3 is 0 Å². The van der Waals surface area contributed by atoms with E-state index in [0.717, 1.165) is 12.0 Å². The highest BCUT2D eigenvalue weighted by atomic mass is 16.2. The number of nitriles is 1. The molecule has 21 heavy (non-hydrogen) atoms. The monoisotopic (exact) mass is 287 g/mol. The van der Waals surface area contributed by atoms with Crippen molar-refractivity contribution in [3.8, 4) is 6.07 Å². The van der Waals surface area contributed by atoms with Crippen LogP contribution in [-0.4, -0.2) is 17.5 Å². The maximum absolute atomic E-state index is 12.2. The van der Waals surface area contributed by atoms with Gasteiger partial charge in [-0.05, 0) is 51.8 Å². The van der Waals surface area contributed by atoms with E-state index in [2.05, 4.69) is 23.6 Å². The van der Waals surface area contributed by atoms with Crippen molar-refractivity contribution in [2.75, 3.05) is 0 Å². The average Bonchev–Trinajstić information content (AvgIpc) is 2.46. The Balaban J connectivity index is 2.62. The van der Waals surface area contributed by atoms with E-state index in [0.29, 0.717) is 5.56 Å². The van der Waals surface area contributed by atoms with Crippen molar-refractivity contribution in [2.45, 2.75) is 58.7 Å². The van der Waals surface area contributed by atoms with Gasteiger partial charge in [0.2, 0.25) is 5.91 Å². The largest absolute Gasteiger partial charge is 0.350 e. The van der Waals surface area contributed by atoms with Crippen molar-refractivity contribution in [1.82, 2.24) is 10.6 Å². The fourth-order valence-corrected chi connectivity index (χ4v) is 1.92. The summed E-state index contributed by atoms with van der Waals surface area (Å²) in [6.45, 7) is 9.96. The SMILES string of the molecule is CCC(C)(C)NC(=O)[C@@H](C)N[C@@H](C)c1ccc(C#N)cc1. The smallest absolute Gasteiger partial charge is 0.237 e. The topological polar surface area (TPSA) is 64.9 Å². The molecule has 1 aromatic rings. The number of benzene rings is 1. The normalized spacial score (nSPS) is 14.1. The number of nitrogens with zero attached hydrogens (tertiary/aromatic N) is 1. The van der Waals surface area contributed by atoms with Crippen LogP contribution in [0.4, 0.5) is 0 Å². The first kappa shape index (κ1) is 17.2. The summed E-state index contributed by atoms with van der Waals surface area (Å²) in [5, 5.41) is 15.1. The lowest BCUT2D eigenvalue weighted by atomic mass is 10.0. The molecular weight excluding hydrogens is 262 g/mol.